The molecule has 1 aromatic heterocycles. The van der Waals surface area contributed by atoms with E-state index in [9.17, 15) is 4.79 Å². The lowest BCUT2D eigenvalue weighted by Crippen LogP contribution is -2.46. The molecule has 1 saturated heterocycles. The molecule has 102 valence electrons. The lowest BCUT2D eigenvalue weighted by molar-refractivity contribution is 0.0738. The molecular weight excluding hydrogens is 270 g/mol. The monoisotopic (exact) mass is 289 g/mol. The van der Waals surface area contributed by atoms with Crippen molar-refractivity contribution in [3.05, 3.63) is 16.1 Å². The summed E-state index contributed by atoms with van der Waals surface area (Å²) in [4.78, 5) is 19.5. The van der Waals surface area contributed by atoms with Gasteiger partial charge < -0.3 is 10.2 Å². The molecule has 0 saturated carbocycles. The normalized spacial score (nSPS) is 16.3. The van der Waals surface area contributed by atoms with Crippen molar-refractivity contribution in [1.29, 1.82) is 0 Å². The second kappa shape index (κ2) is 5.99. The number of thiazole rings is 1. The summed E-state index contributed by atoms with van der Waals surface area (Å²) in [5.74, 6) is 0.138. The van der Waals surface area contributed by atoms with E-state index in [1.54, 1.807) is 5.51 Å². The fraction of sp³-hybridized carbons (Fsp3) is 0.667. The SMILES string of the molecule is CC(C)(C)c1ncsc1C(=O)N1CCNCC1.Cl. The molecule has 0 unspecified atom stereocenters. The van der Waals surface area contributed by atoms with Crippen LogP contribution in [0.3, 0.4) is 0 Å². The number of amides is 1. The minimum atomic E-state index is -0.0704. The number of rotatable bonds is 1. The Kier molecular flexibility index (Phi) is 5.13. The van der Waals surface area contributed by atoms with E-state index in [0.717, 1.165) is 36.8 Å². The molecule has 1 fully saturated rings. The minimum absolute atomic E-state index is 0. The van der Waals surface area contributed by atoms with Crippen molar-refractivity contribution in [3.63, 3.8) is 0 Å². The summed E-state index contributed by atoms with van der Waals surface area (Å²) in [6.45, 7) is 9.63. The molecule has 0 radical (unpaired) electrons. The maximum atomic E-state index is 12.4. The first-order valence-corrected chi connectivity index (χ1v) is 6.82. The highest BCUT2D eigenvalue weighted by Gasteiger charge is 2.28. The number of aromatic nitrogens is 1. The maximum Gasteiger partial charge on any atom is 0.265 e. The van der Waals surface area contributed by atoms with Crippen LogP contribution in [0.15, 0.2) is 5.51 Å². The van der Waals surface area contributed by atoms with Gasteiger partial charge in [0.2, 0.25) is 0 Å². The molecule has 1 aliphatic heterocycles. The standard InChI is InChI=1S/C12H19N3OS.ClH/c1-12(2,3)10-9(17-8-14-10)11(16)15-6-4-13-5-7-15;/h8,13H,4-7H2,1-3H3;1H. The number of carbonyl (C=O) groups is 1. The predicted octanol–water partition coefficient (Wildman–Crippen LogP) is 1.91. The van der Waals surface area contributed by atoms with Crippen molar-refractivity contribution in [2.75, 3.05) is 26.2 Å². The number of nitrogens with one attached hydrogen (secondary N) is 1. The molecule has 2 heterocycles. The molecule has 4 nitrogen and oxygen atoms in total. The zero-order valence-corrected chi connectivity index (χ0v) is 12.7. The first kappa shape index (κ1) is 15.4. The van der Waals surface area contributed by atoms with E-state index in [4.69, 9.17) is 0 Å². The van der Waals surface area contributed by atoms with Gasteiger partial charge in [-0.3, -0.25) is 4.79 Å². The second-order valence-corrected chi connectivity index (χ2v) is 6.18. The van der Waals surface area contributed by atoms with Crippen LogP contribution in [-0.2, 0) is 5.41 Å². The van der Waals surface area contributed by atoms with Gasteiger partial charge in [0, 0.05) is 31.6 Å². The van der Waals surface area contributed by atoms with Crippen molar-refractivity contribution >= 4 is 29.7 Å². The van der Waals surface area contributed by atoms with Crippen molar-refractivity contribution in [2.45, 2.75) is 26.2 Å². The second-order valence-electron chi connectivity index (χ2n) is 5.32. The molecule has 18 heavy (non-hydrogen) atoms. The first-order chi connectivity index (χ1) is 8.00. The van der Waals surface area contributed by atoms with Gasteiger partial charge in [0.05, 0.1) is 11.2 Å². The summed E-state index contributed by atoms with van der Waals surface area (Å²) in [6, 6.07) is 0. The van der Waals surface area contributed by atoms with Crippen molar-refractivity contribution < 1.29 is 4.79 Å². The summed E-state index contributed by atoms with van der Waals surface area (Å²) >= 11 is 1.46. The average molecular weight is 290 g/mol. The Labute approximate surface area is 118 Å². The van der Waals surface area contributed by atoms with E-state index < -0.39 is 0 Å². The van der Waals surface area contributed by atoms with Gasteiger partial charge in [0.1, 0.15) is 4.88 Å². The van der Waals surface area contributed by atoms with Gasteiger partial charge in [0.15, 0.2) is 0 Å². The Morgan fingerprint density at radius 3 is 2.56 bits per heavy atom. The van der Waals surface area contributed by atoms with Crippen molar-refractivity contribution in [3.8, 4) is 0 Å². The van der Waals surface area contributed by atoms with Crippen LogP contribution < -0.4 is 5.32 Å². The predicted molar refractivity (Wildman–Crippen MR) is 76.8 cm³/mol. The lowest BCUT2D eigenvalue weighted by Gasteiger charge is -2.28. The van der Waals surface area contributed by atoms with E-state index >= 15 is 0 Å². The summed E-state index contributed by atoms with van der Waals surface area (Å²) in [5, 5.41) is 3.25. The van der Waals surface area contributed by atoms with Gasteiger partial charge in [-0.1, -0.05) is 20.8 Å². The van der Waals surface area contributed by atoms with Gasteiger partial charge in [-0.15, -0.1) is 23.7 Å². The van der Waals surface area contributed by atoms with Gasteiger partial charge in [-0.2, -0.15) is 0 Å². The topological polar surface area (TPSA) is 45.2 Å². The van der Waals surface area contributed by atoms with E-state index in [1.807, 2.05) is 4.90 Å². The van der Waals surface area contributed by atoms with Crippen LogP contribution in [0.1, 0.15) is 36.1 Å². The summed E-state index contributed by atoms with van der Waals surface area (Å²) in [5.41, 5.74) is 2.63. The lowest BCUT2D eigenvalue weighted by atomic mass is 9.91. The largest absolute Gasteiger partial charge is 0.335 e. The van der Waals surface area contributed by atoms with E-state index in [0.29, 0.717) is 0 Å². The summed E-state index contributed by atoms with van der Waals surface area (Å²) < 4.78 is 0. The van der Waals surface area contributed by atoms with Gasteiger partial charge >= 0.3 is 0 Å². The summed E-state index contributed by atoms with van der Waals surface area (Å²) in [7, 11) is 0. The number of halogens is 1. The van der Waals surface area contributed by atoms with Crippen molar-refractivity contribution in [2.24, 2.45) is 0 Å². The van der Waals surface area contributed by atoms with E-state index in [1.165, 1.54) is 11.3 Å². The molecule has 6 heteroatoms. The van der Waals surface area contributed by atoms with Crippen molar-refractivity contribution in [1.82, 2.24) is 15.2 Å². The average Bonchev–Trinajstić information content (AvgIpc) is 2.78. The van der Waals surface area contributed by atoms with Crippen LogP contribution in [0, 0.1) is 0 Å². The highest BCUT2D eigenvalue weighted by Crippen LogP contribution is 2.28. The molecule has 0 aromatic carbocycles. The Hall–Kier alpha value is -0.650. The Bertz CT molecular complexity index is 408. The van der Waals surface area contributed by atoms with Crippen LogP contribution in [0.5, 0.6) is 0 Å². The quantitative estimate of drug-likeness (QED) is 0.859. The number of piperazine rings is 1. The van der Waals surface area contributed by atoms with Gasteiger partial charge in [-0.05, 0) is 0 Å². The third kappa shape index (κ3) is 3.22. The van der Waals surface area contributed by atoms with Gasteiger partial charge in [0.25, 0.3) is 5.91 Å². The first-order valence-electron chi connectivity index (χ1n) is 5.94. The number of hydrogen-bond acceptors (Lipinski definition) is 4. The van der Waals surface area contributed by atoms with Gasteiger partial charge in [-0.25, -0.2) is 4.98 Å². The third-order valence-corrected chi connectivity index (χ3v) is 3.69. The number of nitrogens with zero attached hydrogens (tertiary/aromatic N) is 2. The molecule has 0 atom stereocenters. The zero-order valence-electron chi connectivity index (χ0n) is 11.0. The molecular formula is C12H20ClN3OS. The zero-order chi connectivity index (χ0) is 12.5. The Morgan fingerprint density at radius 2 is 2.00 bits per heavy atom. The summed E-state index contributed by atoms with van der Waals surface area (Å²) in [6.07, 6.45) is 0. The van der Waals surface area contributed by atoms with Crippen LogP contribution in [0.4, 0.5) is 0 Å². The minimum Gasteiger partial charge on any atom is -0.335 e. The van der Waals surface area contributed by atoms with Crippen LogP contribution in [0.25, 0.3) is 0 Å². The Balaban J connectivity index is 0.00000162. The fourth-order valence-corrected chi connectivity index (χ4v) is 2.91. The molecule has 2 rings (SSSR count). The molecule has 1 aromatic rings. The molecule has 0 bridgehead atoms. The van der Waals surface area contributed by atoms with Crippen LogP contribution in [0.2, 0.25) is 0 Å². The molecule has 1 aliphatic rings. The number of hydrogen-bond donors (Lipinski definition) is 1. The van der Waals surface area contributed by atoms with Crippen LogP contribution >= 0.6 is 23.7 Å². The fourth-order valence-electron chi connectivity index (χ4n) is 1.94. The van der Waals surface area contributed by atoms with Crippen LogP contribution in [-0.4, -0.2) is 42.0 Å². The highest BCUT2D eigenvalue weighted by atomic mass is 35.5. The number of carbonyl (C=O) groups excluding carboxylic acids is 1. The third-order valence-electron chi connectivity index (χ3n) is 2.88. The Morgan fingerprint density at radius 1 is 1.39 bits per heavy atom. The smallest absolute Gasteiger partial charge is 0.265 e. The highest BCUT2D eigenvalue weighted by molar-refractivity contribution is 7.11. The molecule has 1 amide bonds. The van der Waals surface area contributed by atoms with E-state index in [2.05, 4.69) is 31.1 Å². The maximum absolute atomic E-state index is 12.4. The molecule has 1 N–H and O–H groups in total. The molecule has 0 aliphatic carbocycles. The molecule has 0 spiro atoms. The van der Waals surface area contributed by atoms with E-state index in [-0.39, 0.29) is 23.7 Å².